The van der Waals surface area contributed by atoms with Crippen molar-refractivity contribution < 1.29 is 35.5 Å². The SMILES string of the molecule is CCOc1ccc(S(C)(=O)=O)cc1C(=O)N1CCN(c2ncc(C(F)(F)F)cc2F)CC1. The van der Waals surface area contributed by atoms with Gasteiger partial charge in [-0.3, -0.25) is 4.79 Å². The second-order valence-electron chi connectivity index (χ2n) is 7.17. The van der Waals surface area contributed by atoms with Gasteiger partial charge in [0, 0.05) is 38.6 Å². The summed E-state index contributed by atoms with van der Waals surface area (Å²) in [5.41, 5.74) is -1.09. The van der Waals surface area contributed by atoms with E-state index in [1.165, 1.54) is 28.0 Å². The van der Waals surface area contributed by atoms with Crippen LogP contribution in [0.3, 0.4) is 0 Å². The van der Waals surface area contributed by atoms with E-state index < -0.39 is 33.3 Å². The maximum absolute atomic E-state index is 14.2. The van der Waals surface area contributed by atoms with Gasteiger partial charge in [-0.15, -0.1) is 0 Å². The second kappa shape index (κ2) is 8.93. The van der Waals surface area contributed by atoms with Crippen LogP contribution in [0.4, 0.5) is 23.4 Å². The maximum atomic E-state index is 14.2. The molecular formula is C20H21F4N3O4S. The summed E-state index contributed by atoms with van der Waals surface area (Å²) in [7, 11) is -3.55. The number of halogens is 4. The van der Waals surface area contributed by atoms with Crippen molar-refractivity contribution in [3.05, 3.63) is 47.4 Å². The van der Waals surface area contributed by atoms with Crippen molar-refractivity contribution >= 4 is 21.6 Å². The van der Waals surface area contributed by atoms with Gasteiger partial charge in [0.2, 0.25) is 0 Å². The molecule has 0 saturated carbocycles. The zero-order chi connectivity index (χ0) is 23.7. The third kappa shape index (κ3) is 5.12. The molecule has 1 aromatic carbocycles. The molecule has 1 aromatic heterocycles. The van der Waals surface area contributed by atoms with Crippen LogP contribution in [0.1, 0.15) is 22.8 Å². The fourth-order valence-corrected chi connectivity index (χ4v) is 3.95. The molecule has 1 saturated heterocycles. The van der Waals surface area contributed by atoms with E-state index in [4.69, 9.17) is 4.74 Å². The Kier molecular flexibility index (Phi) is 6.63. The molecule has 0 atom stereocenters. The number of carbonyl (C=O) groups is 1. The van der Waals surface area contributed by atoms with Crippen LogP contribution >= 0.6 is 0 Å². The van der Waals surface area contributed by atoms with Crippen LogP contribution in [0.5, 0.6) is 5.75 Å². The van der Waals surface area contributed by atoms with E-state index in [1.54, 1.807) is 6.92 Å². The maximum Gasteiger partial charge on any atom is 0.417 e. The molecular weight excluding hydrogens is 454 g/mol. The Morgan fingerprint density at radius 1 is 1.16 bits per heavy atom. The number of nitrogens with zero attached hydrogens (tertiary/aromatic N) is 3. The number of piperazine rings is 1. The van der Waals surface area contributed by atoms with E-state index in [0.29, 0.717) is 12.3 Å². The van der Waals surface area contributed by atoms with Gasteiger partial charge in [0.05, 0.1) is 22.6 Å². The third-order valence-electron chi connectivity index (χ3n) is 4.92. The molecule has 1 aliphatic heterocycles. The Balaban J connectivity index is 1.78. The molecule has 1 fully saturated rings. The van der Waals surface area contributed by atoms with Crippen LogP contribution in [0, 0.1) is 5.82 Å². The Bertz CT molecular complexity index is 1110. The number of carbonyl (C=O) groups excluding carboxylic acids is 1. The number of alkyl halides is 3. The van der Waals surface area contributed by atoms with Crippen molar-refractivity contribution in [3.8, 4) is 5.75 Å². The minimum absolute atomic E-state index is 0.0287. The zero-order valence-corrected chi connectivity index (χ0v) is 18.1. The quantitative estimate of drug-likeness (QED) is 0.619. The van der Waals surface area contributed by atoms with Gasteiger partial charge in [0.15, 0.2) is 21.5 Å². The predicted molar refractivity (Wildman–Crippen MR) is 108 cm³/mol. The van der Waals surface area contributed by atoms with Crippen molar-refractivity contribution in [2.45, 2.75) is 18.0 Å². The van der Waals surface area contributed by atoms with Gasteiger partial charge in [0.25, 0.3) is 5.91 Å². The molecule has 12 heteroatoms. The van der Waals surface area contributed by atoms with Crippen LogP contribution in [-0.2, 0) is 16.0 Å². The highest BCUT2D eigenvalue weighted by Crippen LogP contribution is 2.31. The van der Waals surface area contributed by atoms with Gasteiger partial charge in [-0.25, -0.2) is 17.8 Å². The number of pyridine rings is 1. The van der Waals surface area contributed by atoms with Gasteiger partial charge in [-0.2, -0.15) is 13.2 Å². The van der Waals surface area contributed by atoms with E-state index in [9.17, 15) is 30.8 Å². The normalized spacial score (nSPS) is 15.1. The van der Waals surface area contributed by atoms with Gasteiger partial charge in [-0.05, 0) is 31.2 Å². The third-order valence-corrected chi connectivity index (χ3v) is 6.04. The number of anilines is 1. The van der Waals surface area contributed by atoms with Crippen molar-refractivity contribution in [1.82, 2.24) is 9.88 Å². The fraction of sp³-hybridized carbons (Fsp3) is 0.400. The van der Waals surface area contributed by atoms with Gasteiger partial charge < -0.3 is 14.5 Å². The van der Waals surface area contributed by atoms with Crippen molar-refractivity contribution in [1.29, 1.82) is 0 Å². The molecule has 0 spiro atoms. The summed E-state index contributed by atoms with van der Waals surface area (Å²) in [6.45, 7) is 2.53. The molecule has 3 rings (SSSR count). The first-order valence-electron chi connectivity index (χ1n) is 9.65. The van der Waals surface area contributed by atoms with E-state index in [2.05, 4.69) is 4.98 Å². The molecule has 1 aliphatic rings. The Morgan fingerprint density at radius 2 is 1.81 bits per heavy atom. The summed E-state index contributed by atoms with van der Waals surface area (Å²) in [4.78, 5) is 19.5. The van der Waals surface area contributed by atoms with Crippen LogP contribution in [0.15, 0.2) is 35.4 Å². The summed E-state index contributed by atoms with van der Waals surface area (Å²) < 4.78 is 81.6. The van der Waals surface area contributed by atoms with Crippen molar-refractivity contribution in [2.75, 3.05) is 43.9 Å². The van der Waals surface area contributed by atoms with E-state index >= 15 is 0 Å². The summed E-state index contributed by atoms with van der Waals surface area (Å²) in [5, 5.41) is 0. The zero-order valence-electron chi connectivity index (χ0n) is 17.3. The lowest BCUT2D eigenvalue weighted by Crippen LogP contribution is -2.49. The highest BCUT2D eigenvalue weighted by atomic mass is 32.2. The first kappa shape index (κ1) is 23.8. The minimum atomic E-state index is -4.70. The molecule has 2 aromatic rings. The van der Waals surface area contributed by atoms with Gasteiger partial charge in [0.1, 0.15) is 5.75 Å². The molecule has 7 nitrogen and oxygen atoms in total. The topological polar surface area (TPSA) is 79.8 Å². The molecule has 32 heavy (non-hydrogen) atoms. The van der Waals surface area contributed by atoms with E-state index in [0.717, 1.165) is 6.26 Å². The molecule has 0 bridgehead atoms. The number of hydrogen-bond acceptors (Lipinski definition) is 6. The van der Waals surface area contributed by atoms with Crippen LogP contribution < -0.4 is 9.64 Å². The molecule has 0 N–H and O–H groups in total. The van der Waals surface area contributed by atoms with Gasteiger partial charge in [-0.1, -0.05) is 0 Å². The Labute approximate surface area is 182 Å². The number of hydrogen-bond donors (Lipinski definition) is 0. The average molecular weight is 475 g/mol. The monoisotopic (exact) mass is 475 g/mol. The minimum Gasteiger partial charge on any atom is -0.493 e. The van der Waals surface area contributed by atoms with E-state index in [-0.39, 0.29) is 54.8 Å². The van der Waals surface area contributed by atoms with Crippen molar-refractivity contribution in [3.63, 3.8) is 0 Å². The Hall–Kier alpha value is -2.89. The highest BCUT2D eigenvalue weighted by molar-refractivity contribution is 7.90. The molecule has 0 radical (unpaired) electrons. The summed E-state index contributed by atoms with van der Waals surface area (Å²) in [5.74, 6) is -1.54. The van der Waals surface area contributed by atoms with Gasteiger partial charge >= 0.3 is 6.18 Å². The standard InChI is InChI=1S/C20H21F4N3O4S/c1-3-31-17-5-4-14(32(2,29)30)11-15(17)19(28)27-8-6-26(7-9-27)18-16(21)10-13(12-25-18)20(22,23)24/h4-5,10-12H,3,6-9H2,1-2H3. The van der Waals surface area contributed by atoms with Crippen LogP contribution in [0.25, 0.3) is 0 Å². The molecule has 174 valence electrons. The lowest BCUT2D eigenvalue weighted by molar-refractivity contribution is -0.138. The highest BCUT2D eigenvalue weighted by Gasteiger charge is 2.33. The number of sulfone groups is 1. The Morgan fingerprint density at radius 3 is 2.34 bits per heavy atom. The van der Waals surface area contributed by atoms with E-state index in [1.807, 2.05) is 0 Å². The summed E-state index contributed by atoms with van der Waals surface area (Å²) in [6, 6.07) is 4.43. The smallest absolute Gasteiger partial charge is 0.417 e. The first-order chi connectivity index (χ1) is 14.9. The number of amides is 1. The largest absolute Gasteiger partial charge is 0.493 e. The number of benzene rings is 1. The first-order valence-corrected chi connectivity index (χ1v) is 11.5. The van der Waals surface area contributed by atoms with Crippen LogP contribution in [-0.4, -0.2) is 63.3 Å². The lowest BCUT2D eigenvalue weighted by atomic mass is 10.1. The molecule has 1 amide bonds. The second-order valence-corrected chi connectivity index (χ2v) is 9.19. The predicted octanol–water partition coefficient (Wildman–Crippen LogP) is 3.00. The summed E-state index contributed by atoms with van der Waals surface area (Å²) in [6.07, 6.45) is -3.10. The summed E-state index contributed by atoms with van der Waals surface area (Å²) >= 11 is 0. The number of aromatic nitrogens is 1. The molecule has 2 heterocycles. The molecule has 0 aliphatic carbocycles. The number of ether oxygens (including phenoxy) is 1. The molecule has 0 unspecified atom stereocenters. The average Bonchev–Trinajstić information content (AvgIpc) is 2.72. The van der Waals surface area contributed by atoms with Crippen LogP contribution in [0.2, 0.25) is 0 Å². The lowest BCUT2D eigenvalue weighted by Gasteiger charge is -2.35. The fourth-order valence-electron chi connectivity index (χ4n) is 3.30. The van der Waals surface area contributed by atoms with Crippen molar-refractivity contribution in [2.24, 2.45) is 0 Å². The number of rotatable bonds is 5.